The van der Waals surface area contributed by atoms with E-state index in [2.05, 4.69) is 32.9 Å². The molecule has 1 aliphatic heterocycles. The number of hydrogen-bond acceptors (Lipinski definition) is 8. The van der Waals surface area contributed by atoms with E-state index >= 15 is 0 Å². The number of aromatic nitrogens is 1. The lowest BCUT2D eigenvalue weighted by atomic mass is 9.87. The molecule has 0 N–H and O–H groups in total. The molecule has 5 aromatic rings. The third-order valence-electron chi connectivity index (χ3n) is 8.21. The van der Waals surface area contributed by atoms with Crippen LogP contribution in [0.15, 0.2) is 124 Å². The normalized spacial score (nSPS) is 14.5. The number of esters is 1. The van der Waals surface area contributed by atoms with Gasteiger partial charge in [-0.25, -0.2) is 9.79 Å². The Bertz CT molecular complexity index is 2180. The molecule has 50 heavy (non-hydrogen) atoms. The maximum atomic E-state index is 14.1. The van der Waals surface area contributed by atoms with Crippen molar-refractivity contribution < 1.29 is 23.7 Å². The first-order valence-corrected chi connectivity index (χ1v) is 17.4. The molecule has 1 atom stereocenters. The van der Waals surface area contributed by atoms with Crippen LogP contribution in [0.5, 0.6) is 23.0 Å². The predicted molar refractivity (Wildman–Crippen MR) is 196 cm³/mol. The van der Waals surface area contributed by atoms with Gasteiger partial charge in [-0.05, 0) is 78.4 Å². The number of benzene rings is 4. The van der Waals surface area contributed by atoms with E-state index in [9.17, 15) is 9.59 Å². The second kappa shape index (κ2) is 15.0. The smallest absolute Gasteiger partial charge is 0.343 e. The molecule has 9 heteroatoms. The highest BCUT2D eigenvalue weighted by Crippen LogP contribution is 2.32. The van der Waals surface area contributed by atoms with E-state index < -0.39 is 12.0 Å². The number of ether oxygens (including phenoxy) is 4. The summed E-state index contributed by atoms with van der Waals surface area (Å²) in [5, 5.41) is 0. The number of allylic oxidation sites excluding steroid dienone is 1. The molecule has 256 valence electrons. The van der Waals surface area contributed by atoms with Crippen LogP contribution in [0.1, 0.15) is 57.4 Å². The summed E-state index contributed by atoms with van der Waals surface area (Å²) < 4.78 is 25.7. The molecular weight excluding hydrogens is 649 g/mol. The fourth-order valence-corrected chi connectivity index (χ4v) is 6.75. The first kappa shape index (κ1) is 34.5. The van der Waals surface area contributed by atoms with E-state index in [1.807, 2.05) is 79.7 Å². The lowest BCUT2D eigenvalue weighted by Crippen LogP contribution is -2.40. The zero-order chi connectivity index (χ0) is 35.3. The van der Waals surface area contributed by atoms with Crippen LogP contribution < -0.4 is 33.8 Å². The van der Waals surface area contributed by atoms with Crippen molar-refractivity contribution >= 4 is 23.4 Å². The van der Waals surface area contributed by atoms with E-state index in [0.29, 0.717) is 57.7 Å². The lowest BCUT2D eigenvalue weighted by Gasteiger charge is -2.24. The molecule has 1 aliphatic rings. The lowest BCUT2D eigenvalue weighted by molar-refractivity contribution is -0.130. The highest BCUT2D eigenvalue weighted by molar-refractivity contribution is 7.07. The molecule has 2 heterocycles. The number of nitrogens with zero attached hydrogens (tertiary/aromatic N) is 2. The second-order valence-corrected chi connectivity index (χ2v) is 13.8. The highest BCUT2D eigenvalue weighted by Gasteiger charge is 2.33. The van der Waals surface area contributed by atoms with E-state index in [4.69, 9.17) is 23.9 Å². The van der Waals surface area contributed by atoms with Gasteiger partial charge in [-0.1, -0.05) is 98.8 Å². The zero-order valence-electron chi connectivity index (χ0n) is 28.8. The molecule has 1 aromatic heterocycles. The number of carbonyl (C=O) groups is 1. The molecular formula is C41H40N2O6S. The van der Waals surface area contributed by atoms with Crippen LogP contribution >= 0.6 is 11.3 Å². The van der Waals surface area contributed by atoms with E-state index in [1.165, 1.54) is 16.9 Å². The van der Waals surface area contributed by atoms with Crippen LogP contribution in [0.25, 0.3) is 6.08 Å². The van der Waals surface area contributed by atoms with Gasteiger partial charge in [-0.15, -0.1) is 0 Å². The van der Waals surface area contributed by atoms with Crippen molar-refractivity contribution in [3.05, 3.63) is 151 Å². The molecule has 0 aliphatic carbocycles. The number of carbonyl (C=O) groups excluding carboxylic acids is 1. The van der Waals surface area contributed by atoms with Crippen molar-refractivity contribution in [3.63, 3.8) is 0 Å². The fourth-order valence-electron chi connectivity index (χ4n) is 5.70. The first-order valence-electron chi connectivity index (χ1n) is 16.6. The summed E-state index contributed by atoms with van der Waals surface area (Å²) in [6.45, 7) is 11.4. The van der Waals surface area contributed by atoms with E-state index in [-0.39, 0.29) is 11.0 Å². The van der Waals surface area contributed by atoms with Crippen LogP contribution in [-0.2, 0) is 10.2 Å². The Morgan fingerprint density at radius 2 is 1.52 bits per heavy atom. The van der Waals surface area contributed by atoms with Crippen LogP contribution in [0, 0.1) is 0 Å². The third-order valence-corrected chi connectivity index (χ3v) is 9.19. The van der Waals surface area contributed by atoms with Gasteiger partial charge in [0.05, 0.1) is 28.5 Å². The minimum atomic E-state index is -0.709. The molecule has 0 fully saturated rings. The molecule has 0 saturated carbocycles. The molecule has 8 nitrogen and oxygen atoms in total. The van der Waals surface area contributed by atoms with Gasteiger partial charge in [-0.3, -0.25) is 9.36 Å². The Labute approximate surface area is 295 Å². The summed E-state index contributed by atoms with van der Waals surface area (Å²) in [5.41, 5.74) is 3.42. The Balaban J connectivity index is 1.25. The van der Waals surface area contributed by atoms with Crippen LogP contribution in [-0.4, -0.2) is 30.4 Å². The maximum absolute atomic E-state index is 14.1. The maximum Gasteiger partial charge on any atom is 0.343 e. The second-order valence-electron chi connectivity index (χ2n) is 12.8. The Morgan fingerprint density at radius 3 is 2.20 bits per heavy atom. The molecule has 0 spiro atoms. The van der Waals surface area contributed by atoms with Crippen molar-refractivity contribution in [1.29, 1.82) is 0 Å². The zero-order valence-corrected chi connectivity index (χ0v) is 29.7. The molecule has 0 bridgehead atoms. The van der Waals surface area contributed by atoms with Gasteiger partial charge in [0.1, 0.15) is 24.7 Å². The molecule has 0 amide bonds. The topological polar surface area (TPSA) is 88.4 Å². The number of para-hydroxylation sites is 1. The number of rotatable bonds is 11. The highest BCUT2D eigenvalue weighted by atomic mass is 32.1. The minimum absolute atomic E-state index is 0.0794. The van der Waals surface area contributed by atoms with Gasteiger partial charge in [0, 0.05) is 0 Å². The van der Waals surface area contributed by atoms with Gasteiger partial charge in [0.2, 0.25) is 0 Å². The van der Waals surface area contributed by atoms with Gasteiger partial charge >= 0.3 is 5.97 Å². The molecule has 4 aromatic carbocycles. The van der Waals surface area contributed by atoms with Crippen molar-refractivity contribution in [1.82, 2.24) is 4.57 Å². The average Bonchev–Trinajstić information content (AvgIpc) is 3.41. The summed E-state index contributed by atoms with van der Waals surface area (Å²) in [6, 6.07) is 31.3. The average molecular weight is 689 g/mol. The summed E-state index contributed by atoms with van der Waals surface area (Å²) in [6.07, 6.45) is 1.81. The Kier molecular flexibility index (Phi) is 10.3. The van der Waals surface area contributed by atoms with Crippen molar-refractivity contribution in [2.24, 2.45) is 4.99 Å². The van der Waals surface area contributed by atoms with Crippen LogP contribution in [0.2, 0.25) is 0 Å². The number of fused-ring (bicyclic) bond motifs is 1. The molecule has 0 radical (unpaired) electrons. The van der Waals surface area contributed by atoms with Gasteiger partial charge < -0.3 is 18.9 Å². The Morgan fingerprint density at radius 1 is 0.840 bits per heavy atom. The van der Waals surface area contributed by atoms with Crippen molar-refractivity contribution in [2.45, 2.75) is 46.1 Å². The largest absolute Gasteiger partial charge is 0.490 e. The van der Waals surface area contributed by atoms with Gasteiger partial charge in [-0.2, -0.15) is 0 Å². The first-order chi connectivity index (χ1) is 24.1. The monoisotopic (exact) mass is 688 g/mol. The number of hydrogen-bond donors (Lipinski definition) is 0. The fraction of sp³-hybridized carbons (Fsp3) is 0.244. The molecule has 6 rings (SSSR count). The van der Waals surface area contributed by atoms with Crippen LogP contribution in [0.4, 0.5) is 0 Å². The quantitative estimate of drug-likeness (QED) is 0.0845. The third kappa shape index (κ3) is 7.74. The minimum Gasteiger partial charge on any atom is -0.490 e. The molecule has 0 unspecified atom stereocenters. The summed E-state index contributed by atoms with van der Waals surface area (Å²) in [4.78, 5) is 33.0. The summed E-state index contributed by atoms with van der Waals surface area (Å²) in [7, 11) is 0. The van der Waals surface area contributed by atoms with E-state index in [0.717, 1.165) is 16.9 Å². The van der Waals surface area contributed by atoms with Gasteiger partial charge in [0.15, 0.2) is 16.3 Å². The van der Waals surface area contributed by atoms with Gasteiger partial charge in [0.25, 0.3) is 5.56 Å². The van der Waals surface area contributed by atoms with Crippen molar-refractivity contribution in [2.75, 3.05) is 19.8 Å². The summed E-state index contributed by atoms with van der Waals surface area (Å²) >= 11 is 1.27. The van der Waals surface area contributed by atoms with Crippen LogP contribution in [0.3, 0.4) is 0 Å². The standard InChI is InChI=1S/C41H40N2O6S/c1-6-46-34-25-28(17-22-33(34)48-24-23-47-31-20-18-30(19-21-31)41(3,4)5)26-35-38(44)43-37(29-13-9-7-10-14-29)36(27(2)42-40(43)50-35)39(45)49-32-15-11-8-12-16-32/h7-22,25-26,37H,6,23-24H2,1-5H3/b35-26+/t37-/m1/s1. The Hall–Kier alpha value is -5.41. The predicted octanol–water partition coefficient (Wildman–Crippen LogP) is 6.99. The molecule has 0 saturated heterocycles. The number of thiazole rings is 1. The van der Waals surface area contributed by atoms with E-state index in [1.54, 1.807) is 35.8 Å². The summed E-state index contributed by atoms with van der Waals surface area (Å²) in [5.74, 6) is 1.79. The SMILES string of the molecule is CCOc1cc(/C=c2/sc3n(c2=O)[C@H](c2ccccc2)C(C(=O)Oc2ccccc2)=C(C)N=3)ccc1OCCOc1ccc(C(C)(C)C)cc1. The van der Waals surface area contributed by atoms with Crippen molar-refractivity contribution in [3.8, 4) is 23.0 Å².